The molecule has 9 nitrogen and oxygen atoms in total. The molecule has 2 N–H and O–H groups in total. The first-order valence-corrected chi connectivity index (χ1v) is 8.56. The molecule has 0 unspecified atom stereocenters. The summed E-state index contributed by atoms with van der Waals surface area (Å²) in [7, 11) is 6.05. The molecule has 29 heavy (non-hydrogen) atoms. The molecule has 0 atom stereocenters. The number of methoxy groups -OCH3 is 4. The van der Waals surface area contributed by atoms with Crippen molar-refractivity contribution in [1.29, 1.82) is 0 Å². The summed E-state index contributed by atoms with van der Waals surface area (Å²) in [5.41, 5.74) is 3.27. The van der Waals surface area contributed by atoms with Gasteiger partial charge in [0.1, 0.15) is 23.0 Å². The summed E-state index contributed by atoms with van der Waals surface area (Å²) in [5.74, 6) is 1.19. The number of nitrogens with zero attached hydrogens (tertiary/aromatic N) is 1. The Labute approximate surface area is 168 Å². The summed E-state index contributed by atoms with van der Waals surface area (Å²) in [6.45, 7) is -0.259. The first kappa shape index (κ1) is 21.5. The van der Waals surface area contributed by atoms with Crippen LogP contribution in [0, 0.1) is 0 Å². The second kappa shape index (κ2) is 10.5. The predicted molar refractivity (Wildman–Crippen MR) is 107 cm³/mol. The lowest BCUT2D eigenvalue weighted by Crippen LogP contribution is -2.34. The molecular weight excluding hydrogens is 378 g/mol. The summed E-state index contributed by atoms with van der Waals surface area (Å²) in [5, 5.41) is 6.39. The topological polar surface area (TPSA) is 107 Å². The van der Waals surface area contributed by atoms with Gasteiger partial charge in [0, 0.05) is 17.2 Å². The largest absolute Gasteiger partial charge is 0.497 e. The minimum Gasteiger partial charge on any atom is -0.497 e. The van der Waals surface area contributed by atoms with Crippen LogP contribution in [-0.4, -0.2) is 53.0 Å². The molecule has 2 aromatic rings. The quantitative estimate of drug-likeness (QED) is 0.488. The van der Waals surface area contributed by atoms with Crippen molar-refractivity contribution in [2.45, 2.75) is 0 Å². The van der Waals surface area contributed by atoms with Crippen LogP contribution in [0.15, 0.2) is 41.5 Å². The van der Waals surface area contributed by atoms with Gasteiger partial charge in [-0.25, -0.2) is 5.43 Å². The van der Waals surface area contributed by atoms with Crippen LogP contribution in [-0.2, 0) is 4.79 Å². The van der Waals surface area contributed by atoms with Crippen molar-refractivity contribution in [2.24, 2.45) is 5.10 Å². The molecule has 2 rings (SSSR count). The Kier molecular flexibility index (Phi) is 7.84. The van der Waals surface area contributed by atoms with Gasteiger partial charge in [-0.05, 0) is 30.3 Å². The SMILES string of the molecule is COc1cc(OC)cc(C(=O)NCC(=O)N/N=C\c2cc(OC)ccc2OC)c1. The molecule has 0 fully saturated rings. The van der Waals surface area contributed by atoms with Crippen LogP contribution < -0.4 is 29.7 Å². The molecule has 0 aliphatic rings. The number of carbonyl (C=O) groups excluding carboxylic acids is 2. The first-order valence-electron chi connectivity index (χ1n) is 8.56. The van der Waals surface area contributed by atoms with Crippen molar-refractivity contribution in [2.75, 3.05) is 35.0 Å². The highest BCUT2D eigenvalue weighted by Crippen LogP contribution is 2.23. The van der Waals surface area contributed by atoms with Gasteiger partial charge in [0.25, 0.3) is 11.8 Å². The van der Waals surface area contributed by atoms with Crippen molar-refractivity contribution in [1.82, 2.24) is 10.7 Å². The van der Waals surface area contributed by atoms with Gasteiger partial charge in [-0.15, -0.1) is 0 Å². The Hall–Kier alpha value is -3.75. The molecule has 2 aromatic carbocycles. The van der Waals surface area contributed by atoms with E-state index in [1.807, 2.05) is 0 Å². The third kappa shape index (κ3) is 6.13. The second-order valence-electron chi connectivity index (χ2n) is 5.69. The van der Waals surface area contributed by atoms with Gasteiger partial charge in [0.2, 0.25) is 0 Å². The van der Waals surface area contributed by atoms with E-state index >= 15 is 0 Å². The Balaban J connectivity index is 1.93. The average molecular weight is 401 g/mol. The van der Waals surface area contributed by atoms with Crippen molar-refractivity contribution in [3.8, 4) is 23.0 Å². The number of benzene rings is 2. The smallest absolute Gasteiger partial charge is 0.259 e. The molecule has 2 amide bonds. The van der Waals surface area contributed by atoms with Crippen molar-refractivity contribution in [3.63, 3.8) is 0 Å². The molecule has 0 aliphatic carbocycles. The maximum absolute atomic E-state index is 12.3. The van der Waals surface area contributed by atoms with Gasteiger partial charge < -0.3 is 24.3 Å². The standard InChI is InChI=1S/C20H23N3O6/c1-26-15-5-6-18(29-4)14(9-15)11-22-23-19(24)12-21-20(25)13-7-16(27-2)10-17(8-13)28-3/h5-11H,12H2,1-4H3,(H,21,25)(H,23,24)/b22-11-. The summed E-state index contributed by atoms with van der Waals surface area (Å²) in [6, 6.07) is 9.92. The fraction of sp³-hybridized carbons (Fsp3) is 0.250. The minimum absolute atomic E-state index is 0.259. The molecule has 0 saturated heterocycles. The lowest BCUT2D eigenvalue weighted by Gasteiger charge is -2.09. The van der Waals surface area contributed by atoms with E-state index in [-0.39, 0.29) is 6.54 Å². The number of hydrazone groups is 1. The molecule has 0 bridgehead atoms. The van der Waals surface area contributed by atoms with E-state index < -0.39 is 11.8 Å². The van der Waals surface area contributed by atoms with Gasteiger partial charge >= 0.3 is 0 Å². The van der Waals surface area contributed by atoms with Gasteiger partial charge in [0.15, 0.2) is 0 Å². The molecule has 154 valence electrons. The Morgan fingerprint density at radius 3 is 2.14 bits per heavy atom. The van der Waals surface area contributed by atoms with Gasteiger partial charge in [-0.2, -0.15) is 5.10 Å². The van der Waals surface area contributed by atoms with Crippen LogP contribution in [0.4, 0.5) is 0 Å². The van der Waals surface area contributed by atoms with E-state index in [4.69, 9.17) is 18.9 Å². The van der Waals surface area contributed by atoms with E-state index in [2.05, 4.69) is 15.8 Å². The van der Waals surface area contributed by atoms with Crippen LogP contribution >= 0.6 is 0 Å². The van der Waals surface area contributed by atoms with Gasteiger partial charge in [-0.1, -0.05) is 0 Å². The lowest BCUT2D eigenvalue weighted by molar-refractivity contribution is -0.120. The Bertz CT molecular complexity index is 876. The molecule has 0 radical (unpaired) electrons. The minimum atomic E-state index is -0.494. The normalized spacial score (nSPS) is 10.3. The number of carbonyl (C=O) groups is 2. The third-order valence-corrected chi connectivity index (χ3v) is 3.85. The highest BCUT2D eigenvalue weighted by atomic mass is 16.5. The van der Waals surface area contributed by atoms with Crippen molar-refractivity contribution < 1.29 is 28.5 Å². The number of amides is 2. The summed E-state index contributed by atoms with van der Waals surface area (Å²) >= 11 is 0. The summed E-state index contributed by atoms with van der Waals surface area (Å²) in [4.78, 5) is 24.2. The molecule has 0 aromatic heterocycles. The number of nitrogens with one attached hydrogen (secondary N) is 2. The van der Waals surface area contributed by atoms with Gasteiger partial charge in [0.05, 0.1) is 41.2 Å². The maximum Gasteiger partial charge on any atom is 0.259 e. The molecule has 9 heteroatoms. The van der Waals surface area contributed by atoms with Gasteiger partial charge in [-0.3, -0.25) is 9.59 Å². The Morgan fingerprint density at radius 1 is 0.897 bits per heavy atom. The monoisotopic (exact) mass is 401 g/mol. The Morgan fingerprint density at radius 2 is 1.55 bits per heavy atom. The predicted octanol–water partition coefficient (Wildman–Crippen LogP) is 1.60. The van der Waals surface area contributed by atoms with E-state index in [0.29, 0.717) is 34.1 Å². The van der Waals surface area contributed by atoms with E-state index in [1.165, 1.54) is 27.5 Å². The molecule has 0 saturated carbocycles. The molecule has 0 heterocycles. The van der Waals surface area contributed by atoms with Crippen LogP contribution in [0.2, 0.25) is 0 Å². The van der Waals surface area contributed by atoms with Crippen LogP contribution in [0.25, 0.3) is 0 Å². The molecular formula is C20H23N3O6. The second-order valence-corrected chi connectivity index (χ2v) is 5.69. The summed E-state index contributed by atoms with van der Waals surface area (Å²) in [6.07, 6.45) is 1.42. The number of hydrogen-bond donors (Lipinski definition) is 2. The summed E-state index contributed by atoms with van der Waals surface area (Å²) < 4.78 is 20.6. The zero-order chi connectivity index (χ0) is 21.2. The maximum atomic E-state index is 12.3. The van der Waals surface area contributed by atoms with Crippen LogP contribution in [0.1, 0.15) is 15.9 Å². The number of rotatable bonds is 9. The highest BCUT2D eigenvalue weighted by molar-refractivity contribution is 5.97. The zero-order valence-corrected chi connectivity index (χ0v) is 16.6. The van der Waals surface area contributed by atoms with Crippen molar-refractivity contribution >= 4 is 18.0 Å². The number of hydrogen-bond acceptors (Lipinski definition) is 7. The lowest BCUT2D eigenvalue weighted by atomic mass is 10.2. The van der Waals surface area contributed by atoms with Crippen LogP contribution in [0.3, 0.4) is 0 Å². The highest BCUT2D eigenvalue weighted by Gasteiger charge is 2.11. The fourth-order valence-electron chi connectivity index (χ4n) is 2.35. The first-order chi connectivity index (χ1) is 14.0. The van der Waals surface area contributed by atoms with Crippen molar-refractivity contribution in [3.05, 3.63) is 47.5 Å². The number of ether oxygens (including phenoxy) is 4. The third-order valence-electron chi connectivity index (χ3n) is 3.85. The van der Waals surface area contributed by atoms with E-state index in [1.54, 1.807) is 43.5 Å². The average Bonchev–Trinajstić information content (AvgIpc) is 2.76. The fourth-order valence-corrected chi connectivity index (χ4v) is 2.35. The van der Waals surface area contributed by atoms with Crippen LogP contribution in [0.5, 0.6) is 23.0 Å². The van der Waals surface area contributed by atoms with E-state index in [9.17, 15) is 9.59 Å². The molecule has 0 spiro atoms. The zero-order valence-electron chi connectivity index (χ0n) is 16.6. The van der Waals surface area contributed by atoms with E-state index in [0.717, 1.165) is 0 Å². The molecule has 0 aliphatic heterocycles.